The molecule has 0 saturated carbocycles. The van der Waals surface area contributed by atoms with Crippen molar-refractivity contribution in [1.29, 1.82) is 0 Å². The van der Waals surface area contributed by atoms with E-state index >= 15 is 0 Å². The highest BCUT2D eigenvalue weighted by Gasteiger charge is 2.20. The summed E-state index contributed by atoms with van der Waals surface area (Å²) < 4.78 is 7.32. The maximum absolute atomic E-state index is 13.0. The molecule has 164 valence electrons. The van der Waals surface area contributed by atoms with Crippen molar-refractivity contribution in [1.82, 2.24) is 19.7 Å². The third kappa shape index (κ3) is 6.45. The van der Waals surface area contributed by atoms with Crippen LogP contribution in [0, 0.1) is 0 Å². The number of aromatic nitrogens is 3. The number of benzene rings is 1. The minimum atomic E-state index is -0.398. The van der Waals surface area contributed by atoms with E-state index < -0.39 is 5.91 Å². The lowest BCUT2D eigenvalue weighted by atomic mass is 10.2. The molecule has 31 heavy (non-hydrogen) atoms. The molecule has 1 aromatic carbocycles. The van der Waals surface area contributed by atoms with E-state index in [9.17, 15) is 9.59 Å². The van der Waals surface area contributed by atoms with Crippen LogP contribution in [0.4, 0.5) is 0 Å². The zero-order valence-corrected chi connectivity index (χ0v) is 18.5. The number of amides is 2. The van der Waals surface area contributed by atoms with Gasteiger partial charge in [-0.25, -0.2) is 0 Å². The van der Waals surface area contributed by atoms with Gasteiger partial charge >= 0.3 is 0 Å². The first-order valence-electron chi connectivity index (χ1n) is 10.1. The van der Waals surface area contributed by atoms with Crippen molar-refractivity contribution in [3.63, 3.8) is 0 Å². The van der Waals surface area contributed by atoms with Gasteiger partial charge in [0.1, 0.15) is 11.6 Å². The predicted octanol–water partition coefficient (Wildman–Crippen LogP) is 2.87. The largest absolute Gasteiger partial charge is 0.467 e. The summed E-state index contributed by atoms with van der Waals surface area (Å²) in [6.45, 7) is 4.99. The van der Waals surface area contributed by atoms with E-state index in [-0.39, 0.29) is 24.1 Å². The number of furan rings is 1. The van der Waals surface area contributed by atoms with Crippen molar-refractivity contribution < 1.29 is 14.0 Å². The Labute approximate surface area is 185 Å². The number of aryl methyl sites for hydroxylation is 1. The van der Waals surface area contributed by atoms with Crippen LogP contribution in [0.5, 0.6) is 0 Å². The first-order chi connectivity index (χ1) is 14.9. The Hall–Kier alpha value is -3.07. The molecule has 2 aromatic heterocycles. The molecule has 9 heteroatoms. The molecule has 3 rings (SSSR count). The van der Waals surface area contributed by atoms with Gasteiger partial charge in [-0.2, -0.15) is 0 Å². The first kappa shape index (κ1) is 22.6. The zero-order valence-electron chi connectivity index (χ0n) is 17.7. The smallest absolute Gasteiger partial charge is 0.233 e. The summed E-state index contributed by atoms with van der Waals surface area (Å²) in [6, 6.07) is 13.7. The van der Waals surface area contributed by atoms with Crippen molar-refractivity contribution in [2.45, 2.75) is 51.0 Å². The number of thioether (sulfide) groups is 1. The molecule has 2 heterocycles. The Balaban J connectivity index is 1.71. The van der Waals surface area contributed by atoms with Crippen LogP contribution < -0.4 is 5.73 Å². The lowest BCUT2D eigenvalue weighted by Crippen LogP contribution is -2.37. The summed E-state index contributed by atoms with van der Waals surface area (Å²) in [5.41, 5.74) is 6.37. The van der Waals surface area contributed by atoms with Crippen LogP contribution in [0.1, 0.15) is 37.4 Å². The van der Waals surface area contributed by atoms with E-state index in [0.29, 0.717) is 30.5 Å². The molecule has 0 bridgehead atoms. The minimum Gasteiger partial charge on any atom is -0.467 e. The Bertz CT molecular complexity index is 986. The fourth-order valence-corrected chi connectivity index (χ4v) is 3.95. The topological polar surface area (TPSA) is 107 Å². The molecule has 8 nitrogen and oxygen atoms in total. The first-order valence-corrected chi connectivity index (χ1v) is 11.1. The molecule has 0 radical (unpaired) electrons. The van der Waals surface area contributed by atoms with E-state index in [1.807, 2.05) is 65.8 Å². The van der Waals surface area contributed by atoms with Gasteiger partial charge in [0.25, 0.3) is 0 Å². The van der Waals surface area contributed by atoms with Crippen LogP contribution in [0.2, 0.25) is 0 Å². The molecule has 0 unspecified atom stereocenters. The Morgan fingerprint density at radius 3 is 2.58 bits per heavy atom. The van der Waals surface area contributed by atoms with Crippen molar-refractivity contribution in [2.75, 3.05) is 5.75 Å². The van der Waals surface area contributed by atoms with Crippen LogP contribution in [-0.2, 0) is 29.1 Å². The number of rotatable bonds is 11. The number of nitrogens with two attached hydrogens (primary N) is 1. The highest BCUT2D eigenvalue weighted by atomic mass is 32.2. The number of hydrogen-bond acceptors (Lipinski definition) is 6. The Kier molecular flexibility index (Phi) is 7.88. The van der Waals surface area contributed by atoms with Crippen LogP contribution in [0.3, 0.4) is 0 Å². The van der Waals surface area contributed by atoms with Crippen LogP contribution >= 0.6 is 11.8 Å². The summed E-state index contributed by atoms with van der Waals surface area (Å²) in [5.74, 6) is 1.23. The molecule has 0 aliphatic heterocycles. The minimum absolute atomic E-state index is 0.0232. The fraction of sp³-hybridized carbons (Fsp3) is 0.364. The molecule has 2 N–H and O–H groups in total. The SMILES string of the molecule is CC(C)N(Cc1ccccc1)C(=O)CSc1nnc(CCC(N)=O)n1Cc1ccco1. The quantitative estimate of drug-likeness (QED) is 0.459. The van der Waals surface area contributed by atoms with E-state index in [1.54, 1.807) is 6.26 Å². The van der Waals surface area contributed by atoms with E-state index in [4.69, 9.17) is 10.2 Å². The summed E-state index contributed by atoms with van der Waals surface area (Å²) in [7, 11) is 0. The van der Waals surface area contributed by atoms with E-state index in [2.05, 4.69) is 10.2 Å². The van der Waals surface area contributed by atoms with Crippen molar-refractivity contribution in [3.05, 3.63) is 65.9 Å². The van der Waals surface area contributed by atoms with Gasteiger partial charge in [-0.15, -0.1) is 10.2 Å². The fourth-order valence-electron chi connectivity index (χ4n) is 3.11. The van der Waals surface area contributed by atoms with Gasteiger partial charge in [0.05, 0.1) is 18.6 Å². The van der Waals surface area contributed by atoms with E-state index in [1.165, 1.54) is 11.8 Å². The number of carbonyl (C=O) groups excluding carboxylic acids is 2. The van der Waals surface area contributed by atoms with Gasteiger partial charge in [0.2, 0.25) is 11.8 Å². The maximum atomic E-state index is 13.0. The highest BCUT2D eigenvalue weighted by Crippen LogP contribution is 2.21. The Morgan fingerprint density at radius 2 is 1.94 bits per heavy atom. The molecule has 0 fully saturated rings. The third-order valence-electron chi connectivity index (χ3n) is 4.75. The Morgan fingerprint density at radius 1 is 1.16 bits per heavy atom. The van der Waals surface area contributed by atoms with Crippen LogP contribution in [0.15, 0.2) is 58.3 Å². The van der Waals surface area contributed by atoms with Gasteiger partial charge in [-0.1, -0.05) is 42.1 Å². The lowest BCUT2D eigenvalue weighted by Gasteiger charge is -2.26. The van der Waals surface area contributed by atoms with Gasteiger partial charge in [0, 0.05) is 25.4 Å². The predicted molar refractivity (Wildman–Crippen MR) is 118 cm³/mol. The summed E-state index contributed by atoms with van der Waals surface area (Å²) >= 11 is 1.33. The summed E-state index contributed by atoms with van der Waals surface area (Å²) in [4.78, 5) is 26.0. The van der Waals surface area contributed by atoms with Gasteiger partial charge in [-0.05, 0) is 31.5 Å². The molecule has 0 saturated heterocycles. The van der Waals surface area contributed by atoms with Crippen molar-refractivity contribution in [3.8, 4) is 0 Å². The number of carbonyl (C=O) groups is 2. The molecular formula is C22H27N5O3S. The van der Waals surface area contributed by atoms with Crippen LogP contribution in [-0.4, -0.2) is 43.3 Å². The van der Waals surface area contributed by atoms with E-state index in [0.717, 1.165) is 11.3 Å². The molecule has 3 aromatic rings. The molecule has 0 aliphatic carbocycles. The molecule has 2 amide bonds. The average molecular weight is 442 g/mol. The molecule has 0 aliphatic rings. The standard InChI is InChI=1S/C22H27N5O3S/c1-16(2)26(13-17-7-4-3-5-8-17)21(29)15-31-22-25-24-20(11-10-19(23)28)27(22)14-18-9-6-12-30-18/h3-9,12,16H,10-11,13-15H2,1-2H3,(H2,23,28). The zero-order chi connectivity index (χ0) is 22.2. The average Bonchev–Trinajstić information content (AvgIpc) is 3.39. The number of nitrogens with zero attached hydrogens (tertiary/aromatic N) is 4. The second-order valence-electron chi connectivity index (χ2n) is 7.42. The van der Waals surface area contributed by atoms with Gasteiger partial charge in [-0.3, -0.25) is 14.2 Å². The van der Waals surface area contributed by atoms with Crippen molar-refractivity contribution >= 4 is 23.6 Å². The maximum Gasteiger partial charge on any atom is 0.233 e. The normalized spacial score (nSPS) is 11.1. The third-order valence-corrected chi connectivity index (χ3v) is 5.70. The summed E-state index contributed by atoms with van der Waals surface area (Å²) in [5, 5.41) is 9.06. The number of hydrogen-bond donors (Lipinski definition) is 1. The van der Waals surface area contributed by atoms with Crippen LogP contribution in [0.25, 0.3) is 0 Å². The molecule has 0 spiro atoms. The van der Waals surface area contributed by atoms with Gasteiger partial charge < -0.3 is 15.1 Å². The second-order valence-corrected chi connectivity index (χ2v) is 8.36. The summed E-state index contributed by atoms with van der Waals surface area (Å²) in [6.07, 6.45) is 2.16. The molecule has 0 atom stereocenters. The number of primary amides is 1. The second kappa shape index (κ2) is 10.8. The molecular weight excluding hydrogens is 414 g/mol. The lowest BCUT2D eigenvalue weighted by molar-refractivity contribution is -0.130. The van der Waals surface area contributed by atoms with Crippen molar-refractivity contribution in [2.24, 2.45) is 5.73 Å². The monoisotopic (exact) mass is 441 g/mol. The van der Waals surface area contributed by atoms with Gasteiger partial charge in [0.15, 0.2) is 5.16 Å². The highest BCUT2D eigenvalue weighted by molar-refractivity contribution is 7.99.